The van der Waals surface area contributed by atoms with E-state index in [9.17, 15) is 0 Å². The molecule has 0 unspecified atom stereocenters. The fourth-order valence-corrected chi connectivity index (χ4v) is 1.73. The average Bonchev–Trinajstić information content (AvgIpc) is 2.34. The number of hydrogen-bond donors (Lipinski definition) is 2. The summed E-state index contributed by atoms with van der Waals surface area (Å²) in [5, 5.41) is 4.10. The lowest BCUT2D eigenvalue weighted by Gasteiger charge is -2.06. The molecule has 0 heterocycles. The minimum Gasteiger partial charge on any atom is -0.399 e. The molecular weight excluding hydrogens is 232 g/mol. The summed E-state index contributed by atoms with van der Waals surface area (Å²) in [6.07, 6.45) is 0.975. The highest BCUT2D eigenvalue weighted by atomic mass is 35.5. The molecule has 3 heteroatoms. The number of rotatable bonds is 4. The lowest BCUT2D eigenvalue weighted by molar-refractivity contribution is 1.02. The van der Waals surface area contributed by atoms with E-state index in [4.69, 9.17) is 17.3 Å². The Morgan fingerprint density at radius 2 is 1.59 bits per heavy atom. The SMILES string of the molecule is Nc1ccc(CCNc2ccc(Cl)cc2)cc1. The van der Waals surface area contributed by atoms with Gasteiger partial charge in [-0.15, -0.1) is 0 Å². The Hall–Kier alpha value is -1.67. The summed E-state index contributed by atoms with van der Waals surface area (Å²) >= 11 is 5.82. The molecular formula is C14H15ClN2. The number of nitrogen functional groups attached to an aromatic ring is 1. The van der Waals surface area contributed by atoms with Gasteiger partial charge in [-0.3, -0.25) is 0 Å². The smallest absolute Gasteiger partial charge is 0.0407 e. The van der Waals surface area contributed by atoms with Gasteiger partial charge in [-0.05, 0) is 48.4 Å². The van der Waals surface area contributed by atoms with Crippen molar-refractivity contribution in [3.05, 3.63) is 59.1 Å². The van der Waals surface area contributed by atoms with E-state index in [1.165, 1.54) is 5.56 Å². The third-order valence-electron chi connectivity index (χ3n) is 2.57. The molecule has 0 radical (unpaired) electrons. The molecule has 0 aromatic heterocycles. The molecule has 0 aliphatic carbocycles. The van der Waals surface area contributed by atoms with E-state index in [0.29, 0.717) is 0 Å². The first kappa shape index (κ1) is 11.8. The topological polar surface area (TPSA) is 38.0 Å². The molecule has 2 aromatic carbocycles. The van der Waals surface area contributed by atoms with E-state index in [1.54, 1.807) is 0 Å². The van der Waals surface area contributed by atoms with Crippen molar-refractivity contribution in [2.45, 2.75) is 6.42 Å². The molecule has 0 aliphatic rings. The number of halogens is 1. The quantitative estimate of drug-likeness (QED) is 0.810. The number of nitrogens with two attached hydrogens (primary N) is 1. The van der Waals surface area contributed by atoms with E-state index >= 15 is 0 Å². The Morgan fingerprint density at radius 1 is 0.941 bits per heavy atom. The molecule has 0 aliphatic heterocycles. The lowest BCUT2D eigenvalue weighted by atomic mass is 10.1. The van der Waals surface area contributed by atoms with Crippen LogP contribution in [0.2, 0.25) is 5.02 Å². The minimum atomic E-state index is 0.758. The second-order valence-corrected chi connectivity index (χ2v) is 4.36. The Balaban J connectivity index is 1.83. The molecule has 17 heavy (non-hydrogen) atoms. The number of anilines is 2. The molecule has 0 fully saturated rings. The first-order valence-electron chi connectivity index (χ1n) is 5.58. The van der Waals surface area contributed by atoms with Gasteiger partial charge in [0.2, 0.25) is 0 Å². The van der Waals surface area contributed by atoms with Crippen molar-refractivity contribution in [1.29, 1.82) is 0 Å². The standard InChI is InChI=1S/C14H15ClN2/c15-12-3-7-14(8-4-12)17-10-9-11-1-5-13(16)6-2-11/h1-8,17H,9-10,16H2. The normalized spacial score (nSPS) is 10.2. The highest BCUT2D eigenvalue weighted by molar-refractivity contribution is 6.30. The van der Waals surface area contributed by atoms with E-state index in [-0.39, 0.29) is 0 Å². The van der Waals surface area contributed by atoms with Crippen molar-refractivity contribution in [1.82, 2.24) is 0 Å². The first-order chi connectivity index (χ1) is 8.24. The number of hydrogen-bond acceptors (Lipinski definition) is 2. The Morgan fingerprint density at radius 3 is 2.24 bits per heavy atom. The van der Waals surface area contributed by atoms with E-state index in [0.717, 1.165) is 29.4 Å². The largest absolute Gasteiger partial charge is 0.399 e. The summed E-state index contributed by atoms with van der Waals surface area (Å²) in [5.74, 6) is 0. The third kappa shape index (κ3) is 3.68. The van der Waals surface area contributed by atoms with Gasteiger partial charge in [0.05, 0.1) is 0 Å². The van der Waals surface area contributed by atoms with Gasteiger partial charge in [-0.1, -0.05) is 23.7 Å². The van der Waals surface area contributed by atoms with Crippen LogP contribution in [-0.2, 0) is 6.42 Å². The summed E-state index contributed by atoms with van der Waals surface area (Å²) in [4.78, 5) is 0. The maximum atomic E-state index is 5.82. The Kier molecular flexibility index (Phi) is 3.89. The van der Waals surface area contributed by atoms with Crippen molar-refractivity contribution in [2.24, 2.45) is 0 Å². The maximum Gasteiger partial charge on any atom is 0.0407 e. The van der Waals surface area contributed by atoms with Crippen LogP contribution in [0.4, 0.5) is 11.4 Å². The van der Waals surface area contributed by atoms with E-state index < -0.39 is 0 Å². The second-order valence-electron chi connectivity index (χ2n) is 3.93. The monoisotopic (exact) mass is 246 g/mol. The zero-order valence-electron chi connectivity index (χ0n) is 9.49. The van der Waals surface area contributed by atoms with Crippen LogP contribution >= 0.6 is 11.6 Å². The molecule has 0 atom stereocenters. The molecule has 0 saturated carbocycles. The van der Waals surface area contributed by atoms with Crippen LogP contribution in [0.15, 0.2) is 48.5 Å². The van der Waals surface area contributed by atoms with Crippen LogP contribution in [-0.4, -0.2) is 6.54 Å². The van der Waals surface area contributed by atoms with Crippen LogP contribution in [0, 0.1) is 0 Å². The van der Waals surface area contributed by atoms with Gasteiger partial charge in [0.25, 0.3) is 0 Å². The molecule has 3 N–H and O–H groups in total. The molecule has 2 aromatic rings. The van der Waals surface area contributed by atoms with Crippen LogP contribution in [0.25, 0.3) is 0 Å². The van der Waals surface area contributed by atoms with Crippen molar-refractivity contribution in [2.75, 3.05) is 17.6 Å². The van der Waals surface area contributed by atoms with Crippen LogP contribution in [0.1, 0.15) is 5.56 Å². The van der Waals surface area contributed by atoms with Crippen molar-refractivity contribution >= 4 is 23.0 Å². The summed E-state index contributed by atoms with van der Waals surface area (Å²) in [6, 6.07) is 15.7. The van der Waals surface area contributed by atoms with Crippen LogP contribution in [0.3, 0.4) is 0 Å². The number of nitrogens with one attached hydrogen (secondary N) is 1. The Bertz CT molecular complexity index is 417. The predicted octanol–water partition coefficient (Wildman–Crippen LogP) is 3.58. The first-order valence-corrected chi connectivity index (χ1v) is 5.96. The van der Waals surface area contributed by atoms with Crippen molar-refractivity contribution < 1.29 is 0 Å². The predicted molar refractivity (Wildman–Crippen MR) is 74.5 cm³/mol. The molecule has 0 saturated heterocycles. The molecule has 0 amide bonds. The number of benzene rings is 2. The second kappa shape index (κ2) is 5.60. The highest BCUT2D eigenvalue weighted by Gasteiger charge is 1.94. The van der Waals surface area contributed by atoms with Gasteiger partial charge in [-0.2, -0.15) is 0 Å². The van der Waals surface area contributed by atoms with E-state index in [2.05, 4.69) is 17.4 Å². The van der Waals surface area contributed by atoms with Crippen LogP contribution < -0.4 is 11.1 Å². The highest BCUT2D eigenvalue weighted by Crippen LogP contribution is 2.13. The maximum absolute atomic E-state index is 5.82. The van der Waals surface area contributed by atoms with Gasteiger partial charge in [0.15, 0.2) is 0 Å². The Labute approximate surface area is 106 Å². The molecule has 2 nitrogen and oxygen atoms in total. The zero-order chi connectivity index (χ0) is 12.1. The molecule has 0 bridgehead atoms. The fraction of sp³-hybridized carbons (Fsp3) is 0.143. The summed E-state index contributed by atoms with van der Waals surface area (Å²) in [5.41, 5.74) is 8.80. The molecule has 88 valence electrons. The zero-order valence-corrected chi connectivity index (χ0v) is 10.2. The molecule has 2 rings (SSSR count). The van der Waals surface area contributed by atoms with Gasteiger partial charge in [0.1, 0.15) is 0 Å². The lowest BCUT2D eigenvalue weighted by Crippen LogP contribution is -2.04. The van der Waals surface area contributed by atoms with Crippen LogP contribution in [0.5, 0.6) is 0 Å². The third-order valence-corrected chi connectivity index (χ3v) is 2.82. The van der Waals surface area contributed by atoms with Crippen molar-refractivity contribution in [3.8, 4) is 0 Å². The van der Waals surface area contributed by atoms with E-state index in [1.807, 2.05) is 36.4 Å². The van der Waals surface area contributed by atoms with Gasteiger partial charge >= 0.3 is 0 Å². The van der Waals surface area contributed by atoms with Gasteiger partial charge in [-0.25, -0.2) is 0 Å². The average molecular weight is 247 g/mol. The minimum absolute atomic E-state index is 0.758. The van der Waals surface area contributed by atoms with Gasteiger partial charge < -0.3 is 11.1 Å². The fourth-order valence-electron chi connectivity index (χ4n) is 1.60. The van der Waals surface area contributed by atoms with Gasteiger partial charge in [0, 0.05) is 22.9 Å². The molecule has 0 spiro atoms. The summed E-state index contributed by atoms with van der Waals surface area (Å²) < 4.78 is 0. The van der Waals surface area contributed by atoms with Crippen molar-refractivity contribution in [3.63, 3.8) is 0 Å². The summed E-state index contributed by atoms with van der Waals surface area (Å²) in [6.45, 7) is 0.894. The summed E-state index contributed by atoms with van der Waals surface area (Å²) in [7, 11) is 0.